The number of rotatable bonds is 5. The Morgan fingerprint density at radius 1 is 0.828 bits per heavy atom. The third-order valence-corrected chi connectivity index (χ3v) is 6.02. The molecule has 0 spiro atoms. The Balaban J connectivity index is 1.76. The number of carbonyl (C=O) groups excluding carboxylic acids is 2. The summed E-state index contributed by atoms with van der Waals surface area (Å²) in [5, 5.41) is 3.06. The van der Waals surface area contributed by atoms with Crippen LogP contribution >= 0.6 is 34.4 Å². The number of hydrogen-bond acceptors (Lipinski definition) is 4. The number of imide groups is 1. The summed E-state index contributed by atoms with van der Waals surface area (Å²) in [6, 6.07) is 22.5. The van der Waals surface area contributed by atoms with Crippen LogP contribution in [0, 0.1) is 9.39 Å². The number of halogens is 2. The zero-order chi connectivity index (χ0) is 20.4. The molecule has 0 fully saturated rings. The lowest BCUT2D eigenvalue weighted by Gasteiger charge is -2.16. The van der Waals surface area contributed by atoms with E-state index >= 15 is 0 Å². The molecule has 0 aliphatic carbocycles. The first-order valence-electron chi connectivity index (χ1n) is 8.67. The van der Waals surface area contributed by atoms with E-state index in [9.17, 15) is 14.0 Å². The van der Waals surface area contributed by atoms with Crippen LogP contribution < -0.4 is 10.2 Å². The van der Waals surface area contributed by atoms with Gasteiger partial charge in [0.25, 0.3) is 11.8 Å². The van der Waals surface area contributed by atoms with Gasteiger partial charge in [-0.25, -0.2) is 9.29 Å². The van der Waals surface area contributed by atoms with Crippen molar-refractivity contribution in [1.82, 2.24) is 0 Å². The van der Waals surface area contributed by atoms with Crippen LogP contribution in [0.5, 0.6) is 0 Å². The molecule has 3 aromatic rings. The summed E-state index contributed by atoms with van der Waals surface area (Å²) < 4.78 is 15.4. The number of hydrogen-bond donors (Lipinski definition) is 1. The first-order valence-corrected chi connectivity index (χ1v) is 10.6. The lowest BCUT2D eigenvalue weighted by Crippen LogP contribution is -2.33. The standard InChI is InChI=1S/C22H14FIN2O2S/c23-17-8-4-5-9-18(17)26-21(27)19(25-15-12-10-14(24)11-13-15)20(22(26)28)29-16-6-2-1-3-7-16/h1-13,25H. The SMILES string of the molecule is O=C1C(Nc2ccc(I)cc2)=C(Sc2ccccc2)C(=O)N1c1ccccc1F. The highest BCUT2D eigenvalue weighted by atomic mass is 127. The van der Waals surface area contributed by atoms with Crippen LogP contribution in [0.1, 0.15) is 0 Å². The minimum atomic E-state index is -0.631. The van der Waals surface area contributed by atoms with E-state index in [1.165, 1.54) is 30.0 Å². The number of nitrogens with one attached hydrogen (secondary N) is 1. The maximum atomic E-state index is 14.3. The predicted octanol–water partition coefficient (Wildman–Crippen LogP) is 5.42. The fourth-order valence-corrected chi connectivity index (χ4v) is 4.16. The van der Waals surface area contributed by atoms with Crippen molar-refractivity contribution >= 4 is 57.5 Å². The number of amides is 2. The first-order chi connectivity index (χ1) is 14.0. The molecule has 4 rings (SSSR count). The second-order valence-electron chi connectivity index (χ2n) is 6.15. The van der Waals surface area contributed by atoms with E-state index in [4.69, 9.17) is 0 Å². The number of nitrogens with zero attached hydrogens (tertiary/aromatic N) is 1. The van der Waals surface area contributed by atoms with Gasteiger partial charge in [-0.05, 0) is 71.1 Å². The highest BCUT2D eigenvalue weighted by molar-refractivity contribution is 14.1. The summed E-state index contributed by atoms with van der Waals surface area (Å²) in [6.07, 6.45) is 0. The summed E-state index contributed by atoms with van der Waals surface area (Å²) in [6.45, 7) is 0. The number of carbonyl (C=O) groups is 2. The van der Waals surface area contributed by atoms with Crippen LogP contribution in [0.15, 0.2) is 94.4 Å². The average Bonchev–Trinajstić information content (AvgIpc) is 2.95. The Morgan fingerprint density at radius 3 is 2.17 bits per heavy atom. The highest BCUT2D eigenvalue weighted by Crippen LogP contribution is 2.38. The van der Waals surface area contributed by atoms with Gasteiger partial charge in [0.15, 0.2) is 0 Å². The predicted molar refractivity (Wildman–Crippen MR) is 121 cm³/mol. The molecule has 0 bridgehead atoms. The van der Waals surface area contributed by atoms with Gasteiger partial charge in [-0.2, -0.15) is 0 Å². The van der Waals surface area contributed by atoms with E-state index in [1.54, 1.807) is 6.07 Å². The second kappa shape index (κ2) is 8.38. The molecular formula is C22H14FIN2O2S. The van der Waals surface area contributed by atoms with Crippen molar-refractivity contribution in [2.24, 2.45) is 0 Å². The minimum absolute atomic E-state index is 0.0620. The molecule has 0 aromatic heterocycles. The van der Waals surface area contributed by atoms with Crippen molar-refractivity contribution < 1.29 is 14.0 Å². The van der Waals surface area contributed by atoms with Crippen LogP contribution in [0.4, 0.5) is 15.8 Å². The number of benzene rings is 3. The summed E-state index contributed by atoms with van der Waals surface area (Å²) in [5.74, 6) is -1.77. The van der Waals surface area contributed by atoms with Gasteiger partial charge < -0.3 is 5.32 Å². The van der Waals surface area contributed by atoms with Crippen molar-refractivity contribution in [1.29, 1.82) is 0 Å². The topological polar surface area (TPSA) is 49.4 Å². The number of anilines is 2. The summed E-state index contributed by atoms with van der Waals surface area (Å²) in [4.78, 5) is 28.2. The molecule has 0 saturated carbocycles. The van der Waals surface area contributed by atoms with Gasteiger partial charge in [0.2, 0.25) is 0 Å². The van der Waals surface area contributed by atoms with E-state index in [0.717, 1.165) is 13.4 Å². The lowest BCUT2D eigenvalue weighted by molar-refractivity contribution is -0.120. The third kappa shape index (κ3) is 4.06. The molecule has 144 valence electrons. The van der Waals surface area contributed by atoms with Gasteiger partial charge in [0.05, 0.1) is 5.69 Å². The molecule has 1 heterocycles. The minimum Gasteiger partial charge on any atom is -0.350 e. The van der Waals surface area contributed by atoms with Crippen LogP contribution in [0.3, 0.4) is 0 Å². The molecule has 3 aromatic carbocycles. The zero-order valence-corrected chi connectivity index (χ0v) is 17.9. The molecule has 0 atom stereocenters. The maximum absolute atomic E-state index is 14.3. The summed E-state index contributed by atoms with van der Waals surface area (Å²) in [5.41, 5.74) is 0.740. The fraction of sp³-hybridized carbons (Fsp3) is 0. The molecule has 1 aliphatic rings. The molecule has 0 saturated heterocycles. The van der Waals surface area contributed by atoms with Gasteiger partial charge in [0, 0.05) is 14.2 Å². The third-order valence-electron chi connectivity index (χ3n) is 4.21. The molecule has 1 N–H and O–H groups in total. The molecular weight excluding hydrogens is 502 g/mol. The molecule has 4 nitrogen and oxygen atoms in total. The monoisotopic (exact) mass is 516 g/mol. The van der Waals surface area contributed by atoms with Crippen LogP contribution in [0.25, 0.3) is 0 Å². The van der Waals surface area contributed by atoms with Gasteiger partial charge >= 0.3 is 0 Å². The Labute approximate surface area is 184 Å². The van der Waals surface area contributed by atoms with E-state index in [2.05, 4.69) is 27.9 Å². The first kappa shape index (κ1) is 19.7. The van der Waals surface area contributed by atoms with E-state index in [1.807, 2.05) is 54.6 Å². The fourth-order valence-electron chi connectivity index (χ4n) is 2.85. The van der Waals surface area contributed by atoms with Gasteiger partial charge in [-0.1, -0.05) is 42.1 Å². The smallest absolute Gasteiger partial charge is 0.283 e. The molecule has 1 aliphatic heterocycles. The number of thioether (sulfide) groups is 1. The Kier molecular flexibility index (Phi) is 5.68. The van der Waals surface area contributed by atoms with Crippen LogP contribution in [-0.4, -0.2) is 11.8 Å². The van der Waals surface area contributed by atoms with Gasteiger partial charge in [0.1, 0.15) is 16.4 Å². The molecule has 0 radical (unpaired) electrons. The van der Waals surface area contributed by atoms with Crippen LogP contribution in [-0.2, 0) is 9.59 Å². The van der Waals surface area contributed by atoms with Crippen molar-refractivity contribution in [2.75, 3.05) is 10.2 Å². The summed E-state index contributed by atoms with van der Waals surface area (Å²) in [7, 11) is 0. The lowest BCUT2D eigenvalue weighted by atomic mass is 10.2. The Hall–Kier alpha value is -2.65. The van der Waals surface area contributed by atoms with Crippen molar-refractivity contribution in [3.63, 3.8) is 0 Å². The molecule has 7 heteroatoms. The zero-order valence-electron chi connectivity index (χ0n) is 14.9. The quantitative estimate of drug-likeness (QED) is 0.364. The van der Waals surface area contributed by atoms with Crippen molar-refractivity contribution in [3.05, 3.63) is 98.9 Å². The number of para-hydroxylation sites is 1. The largest absolute Gasteiger partial charge is 0.350 e. The van der Waals surface area contributed by atoms with E-state index in [0.29, 0.717) is 5.69 Å². The summed E-state index contributed by atoms with van der Waals surface area (Å²) >= 11 is 3.37. The highest BCUT2D eigenvalue weighted by Gasteiger charge is 2.41. The second-order valence-corrected chi connectivity index (χ2v) is 8.48. The van der Waals surface area contributed by atoms with Crippen LogP contribution in [0.2, 0.25) is 0 Å². The Bertz CT molecular complexity index is 1120. The van der Waals surface area contributed by atoms with Crippen molar-refractivity contribution in [3.8, 4) is 0 Å². The van der Waals surface area contributed by atoms with Crippen molar-refractivity contribution in [2.45, 2.75) is 4.90 Å². The average molecular weight is 516 g/mol. The van der Waals surface area contributed by atoms with Gasteiger partial charge in [-0.3, -0.25) is 9.59 Å². The molecule has 2 amide bonds. The Morgan fingerprint density at radius 2 is 1.48 bits per heavy atom. The normalized spacial score (nSPS) is 13.9. The molecule has 0 unspecified atom stereocenters. The van der Waals surface area contributed by atoms with Gasteiger partial charge in [-0.15, -0.1) is 0 Å². The van der Waals surface area contributed by atoms with E-state index in [-0.39, 0.29) is 16.3 Å². The maximum Gasteiger partial charge on any atom is 0.283 e. The van der Waals surface area contributed by atoms with E-state index < -0.39 is 17.6 Å². The molecule has 29 heavy (non-hydrogen) atoms.